The van der Waals surface area contributed by atoms with E-state index in [2.05, 4.69) is 49.5 Å². The van der Waals surface area contributed by atoms with Gasteiger partial charge >= 0.3 is 11.9 Å². The minimum Gasteiger partial charge on any atom is -0.455 e. The van der Waals surface area contributed by atoms with Gasteiger partial charge in [-0.05, 0) is 64.4 Å². The van der Waals surface area contributed by atoms with Gasteiger partial charge in [-0.3, -0.25) is 4.99 Å². The van der Waals surface area contributed by atoms with E-state index in [1.54, 1.807) is 0 Å². The molecule has 1 aromatic rings. The van der Waals surface area contributed by atoms with Gasteiger partial charge in [-0.2, -0.15) is 0 Å². The first-order valence-corrected chi connectivity index (χ1v) is 15.6. The van der Waals surface area contributed by atoms with Crippen LogP contribution in [0.15, 0.2) is 58.8 Å². The van der Waals surface area contributed by atoms with Gasteiger partial charge in [0.25, 0.3) is 0 Å². The van der Waals surface area contributed by atoms with Crippen LogP contribution >= 0.6 is 0 Å². The van der Waals surface area contributed by atoms with Crippen LogP contribution in [0.2, 0.25) is 0 Å². The largest absolute Gasteiger partial charge is 0.455 e. The van der Waals surface area contributed by atoms with E-state index in [0.29, 0.717) is 24.2 Å². The van der Waals surface area contributed by atoms with Crippen LogP contribution in [0.4, 0.5) is 0 Å². The van der Waals surface area contributed by atoms with Crippen LogP contribution in [0.5, 0.6) is 0 Å². The standard InChI is InChI=1S/C33H38N4O6/c1-18-23-10-9-20(7-5-11-31(3)28(42-31)26(23)40-29(18)38)16-37-17-22(35-36-37)15-34-14-21-8-6-12-32(4)33(43-32)25(21)13-24-19(2)30(39)41-27(24)33/h7-8,14,17,23-28H,1-2,5-6,9-13,15-16H2,3-4H3/b20-7+,34-14?/t23-,24-,25?,26-,27-,28-,31+,32+,33-/m0/s1. The Morgan fingerprint density at radius 3 is 2.72 bits per heavy atom. The summed E-state index contributed by atoms with van der Waals surface area (Å²) in [5, 5.41) is 8.78. The molecule has 1 spiro atoms. The summed E-state index contributed by atoms with van der Waals surface area (Å²) in [6.07, 6.45) is 13.9. The maximum absolute atomic E-state index is 12.3. The fraction of sp³-hybridized carbons (Fsp3) is 0.606. The second kappa shape index (κ2) is 9.32. The highest BCUT2D eigenvalue weighted by Gasteiger charge is 2.81. The van der Waals surface area contributed by atoms with E-state index in [4.69, 9.17) is 23.9 Å². The third-order valence-electron chi connectivity index (χ3n) is 11.2. The lowest BCUT2D eigenvalue weighted by Gasteiger charge is -2.22. The Morgan fingerprint density at radius 2 is 1.86 bits per heavy atom. The van der Waals surface area contributed by atoms with Gasteiger partial charge in [0, 0.05) is 35.1 Å². The summed E-state index contributed by atoms with van der Waals surface area (Å²) in [5.74, 6) is -0.490. The lowest BCUT2D eigenvalue weighted by atomic mass is 9.80. The first kappa shape index (κ1) is 27.2. The minimum absolute atomic E-state index is 0.00267. The molecular formula is C33H38N4O6. The van der Waals surface area contributed by atoms with Crippen molar-refractivity contribution in [1.82, 2.24) is 15.0 Å². The smallest absolute Gasteiger partial charge is 0.334 e. The summed E-state index contributed by atoms with van der Waals surface area (Å²) in [4.78, 5) is 29.3. The minimum atomic E-state index is -0.484. The molecule has 1 saturated carbocycles. The molecule has 3 aliphatic carbocycles. The third kappa shape index (κ3) is 4.09. The van der Waals surface area contributed by atoms with Gasteiger partial charge in [-0.15, -0.1) is 5.10 Å². The fourth-order valence-corrected chi connectivity index (χ4v) is 8.67. The maximum Gasteiger partial charge on any atom is 0.334 e. The summed E-state index contributed by atoms with van der Waals surface area (Å²) in [7, 11) is 0. The van der Waals surface area contributed by atoms with Crippen molar-refractivity contribution in [1.29, 1.82) is 0 Å². The number of carbonyl (C=O) groups is 2. The number of nitrogens with zero attached hydrogens (tertiary/aromatic N) is 4. The number of aliphatic imine (C=N–C) groups is 1. The van der Waals surface area contributed by atoms with E-state index in [1.165, 1.54) is 5.57 Å². The number of epoxide rings is 2. The Balaban J connectivity index is 0.932. The zero-order valence-corrected chi connectivity index (χ0v) is 24.8. The van der Waals surface area contributed by atoms with Crippen molar-refractivity contribution in [2.75, 3.05) is 0 Å². The van der Waals surface area contributed by atoms with Crippen LogP contribution in [0.1, 0.15) is 64.5 Å². The summed E-state index contributed by atoms with van der Waals surface area (Å²) in [6, 6.07) is 0. The fourth-order valence-electron chi connectivity index (χ4n) is 8.67. The van der Waals surface area contributed by atoms with E-state index in [0.717, 1.165) is 56.2 Å². The molecule has 1 unspecified atom stereocenters. The molecule has 0 N–H and O–H groups in total. The van der Waals surface area contributed by atoms with E-state index in [9.17, 15) is 9.59 Å². The average Bonchev–Trinajstić information content (AvgIpc) is 3.50. The van der Waals surface area contributed by atoms with E-state index in [-0.39, 0.29) is 59.2 Å². The molecule has 7 aliphatic rings. The molecule has 1 aromatic heterocycles. The maximum atomic E-state index is 12.3. The molecule has 0 bridgehead atoms. The number of esters is 2. The molecule has 5 heterocycles. The number of ether oxygens (including phenoxy) is 4. The number of hydrogen-bond acceptors (Lipinski definition) is 9. The van der Waals surface area contributed by atoms with E-state index < -0.39 is 5.60 Å². The van der Waals surface area contributed by atoms with Crippen molar-refractivity contribution in [2.45, 2.75) is 107 Å². The Bertz CT molecular complexity index is 1540. The van der Waals surface area contributed by atoms with Crippen molar-refractivity contribution in [3.8, 4) is 0 Å². The van der Waals surface area contributed by atoms with E-state index >= 15 is 0 Å². The molecule has 10 heteroatoms. The van der Waals surface area contributed by atoms with Crippen molar-refractivity contribution >= 4 is 18.2 Å². The second-order valence-electron chi connectivity index (χ2n) is 13.8. The number of rotatable bonds is 5. The Hall–Kier alpha value is -3.37. The van der Waals surface area contributed by atoms with Gasteiger partial charge in [0.15, 0.2) is 0 Å². The highest BCUT2D eigenvalue weighted by molar-refractivity contribution is 5.92. The number of allylic oxidation sites excluding steroid dienone is 3. The predicted molar refractivity (Wildman–Crippen MR) is 155 cm³/mol. The third-order valence-corrected chi connectivity index (χ3v) is 11.2. The molecule has 8 rings (SSSR count). The van der Waals surface area contributed by atoms with Gasteiger partial charge in [0.2, 0.25) is 0 Å². The highest BCUT2D eigenvalue weighted by atomic mass is 16.7. The number of aromatic nitrogens is 3. The summed E-state index contributed by atoms with van der Waals surface area (Å²) >= 11 is 0. The van der Waals surface area contributed by atoms with Crippen molar-refractivity contribution in [2.24, 2.45) is 22.7 Å². The SMILES string of the molecule is C=C1C(=O)O[C@H]2[C@H]1CC/C(Cn1cc(CN=CC3=CCC[C@@]4(C)O[C@]45C3C[C@H]3C(=C)C(=O)O[C@@H]35)nn1)=C\CC[C@@]1(C)O[C@@H]21. The molecule has 226 valence electrons. The van der Waals surface area contributed by atoms with E-state index in [1.807, 2.05) is 17.1 Å². The number of fused-ring (bicyclic) bond motifs is 4. The molecule has 4 aliphatic heterocycles. The monoisotopic (exact) mass is 586 g/mol. The van der Waals surface area contributed by atoms with Crippen LogP contribution < -0.4 is 0 Å². The quantitative estimate of drug-likeness (QED) is 0.167. The lowest BCUT2D eigenvalue weighted by molar-refractivity contribution is -0.142. The average molecular weight is 587 g/mol. The van der Waals surface area contributed by atoms with Crippen LogP contribution in [-0.2, 0) is 41.6 Å². The Morgan fingerprint density at radius 1 is 1.07 bits per heavy atom. The molecular weight excluding hydrogens is 548 g/mol. The Labute approximate surface area is 250 Å². The Kier molecular flexibility index (Phi) is 5.89. The topological polar surface area (TPSA) is 121 Å². The number of hydrogen-bond donors (Lipinski definition) is 0. The number of carbonyl (C=O) groups excluding carboxylic acids is 2. The van der Waals surface area contributed by atoms with Crippen LogP contribution in [0.25, 0.3) is 0 Å². The summed E-state index contributed by atoms with van der Waals surface area (Å²) in [6.45, 7) is 13.3. The van der Waals surface area contributed by atoms with Gasteiger partial charge in [-0.25, -0.2) is 14.3 Å². The molecule has 0 aromatic carbocycles. The highest BCUT2D eigenvalue weighted by Crippen LogP contribution is 2.69. The lowest BCUT2D eigenvalue weighted by Crippen LogP contribution is -2.39. The first-order valence-electron chi connectivity index (χ1n) is 15.6. The van der Waals surface area contributed by atoms with Crippen LogP contribution in [0, 0.1) is 17.8 Å². The van der Waals surface area contributed by atoms with Crippen LogP contribution in [-0.4, -0.2) is 68.3 Å². The zero-order chi connectivity index (χ0) is 29.7. The van der Waals surface area contributed by atoms with Crippen molar-refractivity contribution in [3.05, 3.63) is 59.5 Å². The first-order chi connectivity index (χ1) is 20.6. The molecule has 0 radical (unpaired) electrons. The predicted octanol–water partition coefficient (Wildman–Crippen LogP) is 3.97. The molecule has 43 heavy (non-hydrogen) atoms. The summed E-state index contributed by atoms with van der Waals surface area (Å²) in [5.41, 5.74) is 3.29. The zero-order valence-electron chi connectivity index (χ0n) is 24.8. The molecule has 0 amide bonds. The van der Waals surface area contributed by atoms with Gasteiger partial charge in [0.1, 0.15) is 35.2 Å². The molecule has 10 nitrogen and oxygen atoms in total. The normalized spacial score (nSPS) is 44.2. The second-order valence-corrected chi connectivity index (χ2v) is 13.8. The molecule has 5 fully saturated rings. The van der Waals surface area contributed by atoms with Crippen molar-refractivity contribution in [3.63, 3.8) is 0 Å². The molecule has 4 saturated heterocycles. The summed E-state index contributed by atoms with van der Waals surface area (Å²) < 4.78 is 25.8. The van der Waals surface area contributed by atoms with Gasteiger partial charge in [-0.1, -0.05) is 36.1 Å². The van der Waals surface area contributed by atoms with Gasteiger partial charge < -0.3 is 18.9 Å². The molecule has 9 atom stereocenters. The van der Waals surface area contributed by atoms with Gasteiger partial charge in [0.05, 0.1) is 24.9 Å². The van der Waals surface area contributed by atoms with Crippen LogP contribution in [0.3, 0.4) is 0 Å². The van der Waals surface area contributed by atoms with Crippen molar-refractivity contribution < 1.29 is 28.5 Å².